The van der Waals surface area contributed by atoms with E-state index in [0.717, 1.165) is 12.1 Å². The minimum absolute atomic E-state index is 0.166. The SMILES string of the molecule is COc1ccc(NC(C)=O)cc1NC(=O)CNc1cccc(C(F)(F)F)c1. The molecule has 6 nitrogen and oxygen atoms in total. The predicted molar refractivity (Wildman–Crippen MR) is 95.9 cm³/mol. The molecule has 0 bridgehead atoms. The first-order valence-electron chi connectivity index (χ1n) is 7.85. The number of amides is 2. The third kappa shape index (κ3) is 5.91. The summed E-state index contributed by atoms with van der Waals surface area (Å²) in [6, 6.07) is 9.25. The highest BCUT2D eigenvalue weighted by Crippen LogP contribution is 2.31. The van der Waals surface area contributed by atoms with Gasteiger partial charge in [0.25, 0.3) is 0 Å². The quantitative estimate of drug-likeness (QED) is 0.713. The molecule has 0 spiro atoms. The van der Waals surface area contributed by atoms with Gasteiger partial charge in [-0.05, 0) is 36.4 Å². The largest absolute Gasteiger partial charge is 0.495 e. The lowest BCUT2D eigenvalue weighted by molar-refractivity contribution is -0.137. The van der Waals surface area contributed by atoms with Crippen molar-refractivity contribution in [1.29, 1.82) is 0 Å². The standard InChI is InChI=1S/C18H18F3N3O3/c1-11(25)23-14-6-7-16(27-2)15(9-14)24-17(26)10-22-13-5-3-4-12(8-13)18(19,20)21/h3-9,22H,10H2,1-2H3,(H,23,25)(H,24,26). The van der Waals surface area contributed by atoms with Gasteiger partial charge in [0.15, 0.2) is 0 Å². The van der Waals surface area contributed by atoms with E-state index in [2.05, 4.69) is 16.0 Å². The number of alkyl halides is 3. The number of anilines is 3. The topological polar surface area (TPSA) is 79.5 Å². The maximum Gasteiger partial charge on any atom is 0.416 e. The average molecular weight is 381 g/mol. The van der Waals surface area contributed by atoms with Gasteiger partial charge in [-0.15, -0.1) is 0 Å². The van der Waals surface area contributed by atoms with Gasteiger partial charge in [-0.1, -0.05) is 6.07 Å². The number of carbonyl (C=O) groups excluding carboxylic acids is 2. The lowest BCUT2D eigenvalue weighted by Gasteiger charge is -2.13. The van der Waals surface area contributed by atoms with Crippen LogP contribution in [0, 0.1) is 0 Å². The Hall–Kier alpha value is -3.23. The summed E-state index contributed by atoms with van der Waals surface area (Å²) in [6.45, 7) is 1.09. The van der Waals surface area contributed by atoms with Crippen LogP contribution < -0.4 is 20.7 Å². The van der Waals surface area contributed by atoms with Gasteiger partial charge in [0.2, 0.25) is 11.8 Å². The fraction of sp³-hybridized carbons (Fsp3) is 0.222. The molecular weight excluding hydrogens is 363 g/mol. The Kier molecular flexibility index (Phi) is 6.27. The van der Waals surface area contributed by atoms with Crippen LogP contribution in [0.25, 0.3) is 0 Å². The molecule has 2 aromatic rings. The molecule has 27 heavy (non-hydrogen) atoms. The van der Waals surface area contributed by atoms with Crippen molar-refractivity contribution in [3.63, 3.8) is 0 Å². The van der Waals surface area contributed by atoms with Gasteiger partial charge >= 0.3 is 6.18 Å². The molecule has 0 aliphatic carbocycles. The monoisotopic (exact) mass is 381 g/mol. The molecule has 0 saturated heterocycles. The van der Waals surface area contributed by atoms with Crippen molar-refractivity contribution in [3.05, 3.63) is 48.0 Å². The van der Waals surface area contributed by atoms with Gasteiger partial charge in [0, 0.05) is 18.3 Å². The second-order valence-corrected chi connectivity index (χ2v) is 5.58. The van der Waals surface area contributed by atoms with E-state index >= 15 is 0 Å². The molecule has 9 heteroatoms. The minimum Gasteiger partial charge on any atom is -0.495 e. The third-order valence-corrected chi connectivity index (χ3v) is 3.44. The number of methoxy groups -OCH3 is 1. The third-order valence-electron chi connectivity index (χ3n) is 3.44. The molecule has 0 unspecified atom stereocenters. The van der Waals surface area contributed by atoms with E-state index in [0.29, 0.717) is 17.1 Å². The van der Waals surface area contributed by atoms with Crippen LogP contribution in [-0.2, 0) is 15.8 Å². The Bertz CT molecular complexity index is 838. The first-order valence-corrected chi connectivity index (χ1v) is 7.85. The smallest absolute Gasteiger partial charge is 0.416 e. The van der Waals surface area contributed by atoms with Crippen molar-refractivity contribution in [3.8, 4) is 5.75 Å². The fourth-order valence-electron chi connectivity index (χ4n) is 2.27. The van der Waals surface area contributed by atoms with Gasteiger partial charge in [-0.3, -0.25) is 9.59 Å². The summed E-state index contributed by atoms with van der Waals surface area (Å²) in [5, 5.41) is 7.81. The van der Waals surface area contributed by atoms with E-state index in [-0.39, 0.29) is 18.1 Å². The highest BCUT2D eigenvalue weighted by Gasteiger charge is 2.30. The summed E-state index contributed by atoms with van der Waals surface area (Å²) in [4.78, 5) is 23.3. The van der Waals surface area contributed by atoms with Crippen LogP contribution in [0.4, 0.5) is 30.2 Å². The number of hydrogen-bond donors (Lipinski definition) is 3. The zero-order chi connectivity index (χ0) is 20.0. The zero-order valence-corrected chi connectivity index (χ0v) is 14.6. The number of rotatable bonds is 6. The number of hydrogen-bond acceptors (Lipinski definition) is 4. The van der Waals surface area contributed by atoms with Crippen LogP contribution in [-0.4, -0.2) is 25.5 Å². The molecule has 0 saturated carbocycles. The van der Waals surface area contributed by atoms with Crippen LogP contribution in [0.3, 0.4) is 0 Å². The first-order chi connectivity index (χ1) is 12.7. The fourth-order valence-corrected chi connectivity index (χ4v) is 2.27. The highest BCUT2D eigenvalue weighted by atomic mass is 19.4. The van der Waals surface area contributed by atoms with Crippen LogP contribution >= 0.6 is 0 Å². The molecule has 3 N–H and O–H groups in total. The van der Waals surface area contributed by atoms with Crippen molar-refractivity contribution in [2.24, 2.45) is 0 Å². The maximum absolute atomic E-state index is 12.7. The number of nitrogens with one attached hydrogen (secondary N) is 3. The van der Waals surface area contributed by atoms with Crippen molar-refractivity contribution in [2.45, 2.75) is 13.1 Å². The van der Waals surface area contributed by atoms with Crippen LogP contribution in [0.5, 0.6) is 5.75 Å². The molecule has 144 valence electrons. The molecule has 0 radical (unpaired) electrons. The molecule has 2 amide bonds. The maximum atomic E-state index is 12.7. The van der Waals surface area contributed by atoms with Crippen molar-refractivity contribution >= 4 is 28.9 Å². The van der Waals surface area contributed by atoms with E-state index in [9.17, 15) is 22.8 Å². The summed E-state index contributed by atoms with van der Waals surface area (Å²) in [6.07, 6.45) is -4.46. The number of carbonyl (C=O) groups is 2. The Morgan fingerprint density at radius 3 is 2.41 bits per heavy atom. The number of ether oxygens (including phenoxy) is 1. The summed E-state index contributed by atoms with van der Waals surface area (Å²) in [7, 11) is 1.42. The first kappa shape index (κ1) is 20.1. The Balaban J connectivity index is 2.04. The summed E-state index contributed by atoms with van der Waals surface area (Å²) < 4.78 is 43.3. The van der Waals surface area contributed by atoms with Crippen molar-refractivity contribution in [2.75, 3.05) is 29.6 Å². The lowest BCUT2D eigenvalue weighted by Crippen LogP contribution is -2.22. The second-order valence-electron chi connectivity index (χ2n) is 5.58. The van der Waals surface area contributed by atoms with Crippen molar-refractivity contribution in [1.82, 2.24) is 0 Å². The molecule has 0 fully saturated rings. The molecule has 2 aromatic carbocycles. The number of halogens is 3. The second kappa shape index (κ2) is 8.43. The van der Waals surface area contributed by atoms with Crippen LogP contribution in [0.15, 0.2) is 42.5 Å². The number of benzene rings is 2. The van der Waals surface area contributed by atoms with Gasteiger partial charge < -0.3 is 20.7 Å². The Labute approximate surface area is 153 Å². The van der Waals surface area contributed by atoms with Gasteiger partial charge in [-0.2, -0.15) is 13.2 Å². The van der Waals surface area contributed by atoms with E-state index in [1.54, 1.807) is 12.1 Å². The normalized spacial score (nSPS) is 10.9. The predicted octanol–water partition coefficient (Wildman–Crippen LogP) is 3.72. The van der Waals surface area contributed by atoms with Crippen molar-refractivity contribution < 1.29 is 27.5 Å². The molecule has 0 aliphatic rings. The molecule has 0 heterocycles. The minimum atomic E-state index is -4.46. The van der Waals surface area contributed by atoms with E-state index in [4.69, 9.17) is 4.74 Å². The average Bonchev–Trinajstić information content (AvgIpc) is 2.59. The summed E-state index contributed by atoms with van der Waals surface area (Å²) in [5.74, 6) is -0.397. The lowest BCUT2D eigenvalue weighted by atomic mass is 10.2. The summed E-state index contributed by atoms with van der Waals surface area (Å²) >= 11 is 0. The molecule has 0 aromatic heterocycles. The van der Waals surface area contributed by atoms with E-state index in [1.165, 1.54) is 32.2 Å². The van der Waals surface area contributed by atoms with Crippen LogP contribution in [0.1, 0.15) is 12.5 Å². The van der Waals surface area contributed by atoms with Gasteiger partial charge in [0.05, 0.1) is 24.9 Å². The summed E-state index contributed by atoms with van der Waals surface area (Å²) in [5.41, 5.74) is 0.139. The van der Waals surface area contributed by atoms with E-state index < -0.39 is 17.6 Å². The molecule has 0 atom stereocenters. The molecule has 2 rings (SSSR count). The zero-order valence-electron chi connectivity index (χ0n) is 14.6. The van der Waals surface area contributed by atoms with E-state index in [1.807, 2.05) is 0 Å². The molecular formula is C18H18F3N3O3. The molecule has 0 aliphatic heterocycles. The van der Waals surface area contributed by atoms with Crippen LogP contribution in [0.2, 0.25) is 0 Å². The van der Waals surface area contributed by atoms with Gasteiger partial charge in [-0.25, -0.2) is 0 Å². The Morgan fingerprint density at radius 1 is 1.04 bits per heavy atom. The highest BCUT2D eigenvalue weighted by molar-refractivity contribution is 5.96. The Morgan fingerprint density at radius 2 is 1.78 bits per heavy atom. The van der Waals surface area contributed by atoms with Gasteiger partial charge in [0.1, 0.15) is 5.75 Å².